The van der Waals surface area contributed by atoms with Gasteiger partial charge in [0.25, 0.3) is 5.91 Å². The molecule has 0 fully saturated rings. The summed E-state index contributed by atoms with van der Waals surface area (Å²) in [5.74, 6) is -0.486. The Bertz CT molecular complexity index is 707. The average molecular weight is 370 g/mol. The van der Waals surface area contributed by atoms with Crippen LogP contribution >= 0.6 is 0 Å². The monoisotopic (exact) mass is 370 g/mol. The van der Waals surface area contributed by atoms with Crippen molar-refractivity contribution >= 4 is 12.0 Å². The molecular weight excluding hydrogens is 344 g/mol. The van der Waals surface area contributed by atoms with Crippen LogP contribution in [0.25, 0.3) is 0 Å². The molecule has 27 heavy (non-hydrogen) atoms. The number of aliphatic hydroxyl groups excluding tert-OH is 1. The summed E-state index contributed by atoms with van der Waals surface area (Å²) in [6.07, 6.45) is 1.15. The second-order valence-corrected chi connectivity index (χ2v) is 6.20. The highest BCUT2D eigenvalue weighted by Gasteiger charge is 2.31. The topological polar surface area (TPSA) is 92.9 Å². The van der Waals surface area contributed by atoms with Gasteiger partial charge < -0.3 is 15.6 Å². The lowest BCUT2D eigenvalue weighted by atomic mass is 10.1. The Morgan fingerprint density at radius 2 is 1.63 bits per heavy atom. The van der Waals surface area contributed by atoms with Crippen molar-refractivity contribution in [1.29, 1.82) is 0 Å². The van der Waals surface area contributed by atoms with Crippen LogP contribution < -0.4 is 5.73 Å². The van der Waals surface area contributed by atoms with Gasteiger partial charge in [0.05, 0.1) is 12.6 Å². The van der Waals surface area contributed by atoms with Crippen LogP contribution in [0, 0.1) is 0 Å². The third-order valence-corrected chi connectivity index (χ3v) is 4.21. The molecule has 2 aromatic carbocycles. The molecule has 6 heteroatoms. The van der Waals surface area contributed by atoms with Crippen molar-refractivity contribution in [2.24, 2.45) is 5.73 Å². The number of unbranched alkanes of at least 4 members (excludes halogenated alkanes) is 1. The maximum Gasteiger partial charge on any atom is 0.417 e. The summed E-state index contributed by atoms with van der Waals surface area (Å²) in [5.41, 5.74) is 6.71. The first-order valence-electron chi connectivity index (χ1n) is 9.07. The number of hydrogen-bond donors (Lipinski definition) is 2. The summed E-state index contributed by atoms with van der Waals surface area (Å²) in [6.45, 7) is 0.242. The summed E-state index contributed by atoms with van der Waals surface area (Å²) >= 11 is 0. The number of carbonyl (C=O) groups excluding carboxylic acids is 2. The summed E-state index contributed by atoms with van der Waals surface area (Å²) in [6, 6.07) is 17.1. The second-order valence-electron chi connectivity index (χ2n) is 6.20. The lowest BCUT2D eigenvalue weighted by molar-refractivity contribution is 0.0448. The van der Waals surface area contributed by atoms with Gasteiger partial charge in [-0.05, 0) is 37.1 Å². The minimum absolute atomic E-state index is 0.0548. The summed E-state index contributed by atoms with van der Waals surface area (Å²) in [7, 11) is 0. The first-order chi connectivity index (χ1) is 13.2. The quantitative estimate of drug-likeness (QED) is 0.662. The lowest BCUT2D eigenvalue weighted by Gasteiger charge is -2.28. The van der Waals surface area contributed by atoms with Gasteiger partial charge in [-0.1, -0.05) is 55.0 Å². The van der Waals surface area contributed by atoms with Crippen molar-refractivity contribution in [2.75, 3.05) is 13.2 Å². The molecule has 0 aliphatic carbocycles. The first-order valence-corrected chi connectivity index (χ1v) is 9.07. The van der Waals surface area contributed by atoms with Crippen LogP contribution in [0.15, 0.2) is 60.7 Å². The van der Waals surface area contributed by atoms with E-state index in [4.69, 9.17) is 10.5 Å². The van der Waals surface area contributed by atoms with Crippen molar-refractivity contribution < 1.29 is 19.4 Å². The molecule has 2 rings (SSSR count). The predicted molar refractivity (Wildman–Crippen MR) is 103 cm³/mol. The number of aliphatic hydroxyl groups is 1. The molecule has 2 amide bonds. The molecular formula is C21H26N2O4. The largest absolute Gasteiger partial charge is 0.444 e. The van der Waals surface area contributed by atoms with Gasteiger partial charge in [-0.2, -0.15) is 0 Å². The van der Waals surface area contributed by atoms with Crippen LogP contribution in [0.2, 0.25) is 0 Å². The summed E-state index contributed by atoms with van der Waals surface area (Å²) in [5, 5.41) is 9.79. The zero-order valence-electron chi connectivity index (χ0n) is 15.3. The molecule has 144 valence electrons. The molecule has 0 aliphatic heterocycles. The van der Waals surface area contributed by atoms with Crippen LogP contribution in [-0.2, 0) is 11.3 Å². The SMILES string of the molecule is NCCCC[C@@H](CO)N(C(=O)OCc1ccccc1)C(=O)c1ccccc1. The number of benzene rings is 2. The number of carbonyl (C=O) groups is 2. The number of nitrogens with zero attached hydrogens (tertiary/aromatic N) is 1. The summed E-state index contributed by atoms with van der Waals surface area (Å²) in [4.78, 5) is 26.7. The Morgan fingerprint density at radius 3 is 2.22 bits per heavy atom. The fourth-order valence-corrected chi connectivity index (χ4v) is 2.73. The minimum Gasteiger partial charge on any atom is -0.444 e. The van der Waals surface area contributed by atoms with E-state index in [-0.39, 0.29) is 13.2 Å². The van der Waals surface area contributed by atoms with Crippen molar-refractivity contribution in [3.63, 3.8) is 0 Å². The van der Waals surface area contributed by atoms with Gasteiger partial charge in [-0.15, -0.1) is 0 Å². The van der Waals surface area contributed by atoms with Gasteiger partial charge in [-0.3, -0.25) is 4.79 Å². The van der Waals surface area contributed by atoms with E-state index >= 15 is 0 Å². The average Bonchev–Trinajstić information content (AvgIpc) is 2.72. The number of ether oxygens (including phenoxy) is 1. The molecule has 0 bridgehead atoms. The predicted octanol–water partition coefficient (Wildman–Crippen LogP) is 2.96. The van der Waals surface area contributed by atoms with Crippen LogP contribution in [0.3, 0.4) is 0 Å². The molecule has 0 saturated carbocycles. The molecule has 0 saturated heterocycles. The Labute approximate surface area is 159 Å². The first kappa shape index (κ1) is 20.6. The molecule has 0 radical (unpaired) electrons. The fourth-order valence-electron chi connectivity index (χ4n) is 2.73. The van der Waals surface area contributed by atoms with Crippen LogP contribution in [0.5, 0.6) is 0 Å². The van der Waals surface area contributed by atoms with Crippen LogP contribution in [-0.4, -0.2) is 41.2 Å². The molecule has 1 atom stereocenters. The second kappa shape index (κ2) is 11.1. The molecule has 0 spiro atoms. The Morgan fingerprint density at radius 1 is 1.00 bits per heavy atom. The van der Waals surface area contributed by atoms with E-state index in [9.17, 15) is 14.7 Å². The van der Waals surface area contributed by atoms with Crippen LogP contribution in [0.4, 0.5) is 4.79 Å². The van der Waals surface area contributed by atoms with Crippen molar-refractivity contribution in [3.05, 3.63) is 71.8 Å². The van der Waals surface area contributed by atoms with Crippen molar-refractivity contribution in [2.45, 2.75) is 31.9 Å². The maximum atomic E-state index is 12.9. The van der Waals surface area contributed by atoms with E-state index in [1.807, 2.05) is 30.3 Å². The summed E-state index contributed by atoms with van der Waals surface area (Å²) < 4.78 is 5.35. The minimum atomic E-state index is -0.764. The highest BCUT2D eigenvalue weighted by atomic mass is 16.6. The Hall–Kier alpha value is -2.70. The van der Waals surface area contributed by atoms with E-state index in [2.05, 4.69) is 0 Å². The zero-order valence-corrected chi connectivity index (χ0v) is 15.3. The van der Waals surface area contributed by atoms with Gasteiger partial charge >= 0.3 is 6.09 Å². The maximum absolute atomic E-state index is 12.9. The van der Waals surface area contributed by atoms with E-state index in [1.165, 1.54) is 0 Å². The van der Waals surface area contributed by atoms with Gasteiger partial charge in [0, 0.05) is 5.56 Å². The third kappa shape index (κ3) is 6.20. The standard InChI is InChI=1S/C21H26N2O4/c22-14-8-7-13-19(15-24)23(20(25)18-11-5-2-6-12-18)21(26)27-16-17-9-3-1-4-10-17/h1-6,9-12,19,24H,7-8,13-16,22H2/t19-/m0/s1. The highest BCUT2D eigenvalue weighted by molar-refractivity contribution is 6.03. The molecule has 3 N–H and O–H groups in total. The molecule has 0 unspecified atom stereocenters. The number of hydrogen-bond acceptors (Lipinski definition) is 5. The number of rotatable bonds is 9. The fraction of sp³-hybridized carbons (Fsp3) is 0.333. The number of nitrogens with two attached hydrogens (primary N) is 1. The van der Waals surface area contributed by atoms with Crippen LogP contribution in [0.1, 0.15) is 35.2 Å². The van der Waals surface area contributed by atoms with E-state index < -0.39 is 18.0 Å². The highest BCUT2D eigenvalue weighted by Crippen LogP contribution is 2.16. The Balaban J connectivity index is 2.16. The molecule has 6 nitrogen and oxygen atoms in total. The van der Waals surface area contributed by atoms with Gasteiger partial charge in [0.2, 0.25) is 0 Å². The lowest BCUT2D eigenvalue weighted by Crippen LogP contribution is -2.46. The van der Waals surface area contributed by atoms with Crippen molar-refractivity contribution in [3.8, 4) is 0 Å². The molecule has 0 aromatic heterocycles. The normalized spacial score (nSPS) is 11.6. The van der Waals surface area contributed by atoms with Gasteiger partial charge in [0.15, 0.2) is 0 Å². The van der Waals surface area contributed by atoms with Crippen molar-refractivity contribution in [1.82, 2.24) is 4.90 Å². The van der Waals surface area contributed by atoms with E-state index in [0.29, 0.717) is 24.9 Å². The molecule has 2 aromatic rings. The van der Waals surface area contributed by atoms with Gasteiger partial charge in [-0.25, -0.2) is 9.69 Å². The number of amides is 2. The van der Waals surface area contributed by atoms with E-state index in [0.717, 1.165) is 16.9 Å². The third-order valence-electron chi connectivity index (χ3n) is 4.21. The zero-order chi connectivity index (χ0) is 19.5. The number of imide groups is 1. The van der Waals surface area contributed by atoms with Gasteiger partial charge in [0.1, 0.15) is 6.61 Å². The smallest absolute Gasteiger partial charge is 0.417 e. The molecule has 0 aliphatic rings. The van der Waals surface area contributed by atoms with E-state index in [1.54, 1.807) is 30.3 Å². The Kier molecular flexibility index (Phi) is 8.48. The molecule has 0 heterocycles.